The Bertz CT molecular complexity index is 1640. The fraction of sp³-hybridized carbons (Fsp3) is 0.259. The molecule has 6 rings (SSSR count). The Labute approximate surface area is 220 Å². The molecule has 0 radical (unpaired) electrons. The van der Waals surface area contributed by atoms with Gasteiger partial charge in [0.15, 0.2) is 0 Å². The van der Waals surface area contributed by atoms with Crippen molar-refractivity contribution in [2.24, 2.45) is 5.92 Å². The van der Waals surface area contributed by atoms with Crippen LogP contribution in [0.4, 0.5) is 11.5 Å². The second-order valence-corrected chi connectivity index (χ2v) is 11.4. The Morgan fingerprint density at radius 2 is 2.03 bits per heavy atom. The number of thiazole rings is 1. The van der Waals surface area contributed by atoms with Crippen LogP contribution in [0.25, 0.3) is 20.4 Å². The average Bonchev–Trinajstić information content (AvgIpc) is 3.46. The molecular weight excluding hydrogens is 506 g/mol. The van der Waals surface area contributed by atoms with Crippen LogP contribution in [0.2, 0.25) is 0 Å². The van der Waals surface area contributed by atoms with E-state index in [-0.39, 0.29) is 10.8 Å². The fourth-order valence-electron chi connectivity index (χ4n) is 4.90. The number of benzene rings is 2. The van der Waals surface area contributed by atoms with Crippen molar-refractivity contribution in [1.82, 2.24) is 20.3 Å². The number of hydrogen-bond donors (Lipinski definition) is 4. The number of aromatic nitrogens is 3. The van der Waals surface area contributed by atoms with E-state index in [1.807, 2.05) is 48.5 Å². The molecule has 8 nitrogen and oxygen atoms in total. The van der Waals surface area contributed by atoms with E-state index in [2.05, 4.69) is 25.6 Å². The molecule has 5 aromatic rings. The highest BCUT2D eigenvalue weighted by Crippen LogP contribution is 2.40. The molecule has 37 heavy (non-hydrogen) atoms. The molecule has 3 aromatic heterocycles. The first-order chi connectivity index (χ1) is 18.0. The number of rotatable bonds is 7. The van der Waals surface area contributed by atoms with Crippen molar-refractivity contribution >= 4 is 60.5 Å². The predicted molar refractivity (Wildman–Crippen MR) is 148 cm³/mol. The Balaban J connectivity index is 1.14. The minimum atomic E-state index is -1.05. The number of carbonyl (C=O) groups is 1. The smallest absolute Gasteiger partial charge is 0.305 e. The Kier molecular flexibility index (Phi) is 6.45. The lowest BCUT2D eigenvalue weighted by molar-refractivity contribution is -0.129. The van der Waals surface area contributed by atoms with Gasteiger partial charge in [-0.1, -0.05) is 41.7 Å². The summed E-state index contributed by atoms with van der Waals surface area (Å²) >= 11 is 2.87. The summed E-state index contributed by atoms with van der Waals surface area (Å²) in [5.74, 6) is 0.741. The van der Waals surface area contributed by atoms with E-state index in [1.54, 1.807) is 17.7 Å². The van der Waals surface area contributed by atoms with Crippen LogP contribution in [0.15, 0.2) is 59.7 Å². The molecule has 10 heteroatoms. The molecule has 0 aliphatic heterocycles. The van der Waals surface area contributed by atoms with Crippen molar-refractivity contribution in [1.29, 1.82) is 0 Å². The molecule has 0 fully saturated rings. The van der Waals surface area contributed by atoms with Gasteiger partial charge in [0.25, 0.3) is 0 Å². The van der Waals surface area contributed by atoms with Gasteiger partial charge in [-0.2, -0.15) is 0 Å². The minimum Gasteiger partial charge on any atom is -0.383 e. The second-order valence-electron chi connectivity index (χ2n) is 9.32. The Hall–Kier alpha value is -3.60. The zero-order valence-electron chi connectivity index (χ0n) is 19.9. The first-order valence-corrected chi connectivity index (χ1v) is 13.8. The van der Waals surface area contributed by atoms with Gasteiger partial charge >= 0.3 is 4.87 Å². The maximum Gasteiger partial charge on any atom is 0.305 e. The summed E-state index contributed by atoms with van der Waals surface area (Å²) in [4.78, 5) is 38.2. The lowest BCUT2D eigenvalue weighted by Gasteiger charge is -2.23. The summed E-state index contributed by atoms with van der Waals surface area (Å²) in [5, 5.41) is 17.7. The average molecular weight is 532 g/mol. The lowest BCUT2D eigenvalue weighted by atomic mass is 9.87. The third-order valence-corrected chi connectivity index (χ3v) is 8.78. The van der Waals surface area contributed by atoms with Crippen molar-refractivity contribution in [3.63, 3.8) is 0 Å². The summed E-state index contributed by atoms with van der Waals surface area (Å²) in [7, 11) is 0. The van der Waals surface area contributed by atoms with Gasteiger partial charge < -0.3 is 20.7 Å². The van der Waals surface area contributed by atoms with E-state index >= 15 is 0 Å². The van der Waals surface area contributed by atoms with Gasteiger partial charge in [0, 0.05) is 23.5 Å². The quantitative estimate of drug-likeness (QED) is 0.250. The number of thiophene rings is 1. The van der Waals surface area contributed by atoms with E-state index in [1.165, 1.54) is 21.8 Å². The van der Waals surface area contributed by atoms with E-state index in [0.717, 1.165) is 56.8 Å². The number of nitrogens with zero attached hydrogens (tertiary/aromatic N) is 2. The highest BCUT2D eigenvalue weighted by Gasteiger charge is 2.26. The third-order valence-electron chi connectivity index (χ3n) is 6.77. The summed E-state index contributed by atoms with van der Waals surface area (Å²) in [6.45, 7) is 0.536. The van der Waals surface area contributed by atoms with Crippen LogP contribution in [0, 0.1) is 5.92 Å². The van der Waals surface area contributed by atoms with Crippen LogP contribution < -0.4 is 15.5 Å². The lowest BCUT2D eigenvalue weighted by Crippen LogP contribution is -2.39. The summed E-state index contributed by atoms with van der Waals surface area (Å²) in [6, 6.07) is 15.3. The van der Waals surface area contributed by atoms with Crippen molar-refractivity contribution < 1.29 is 9.90 Å². The molecule has 1 amide bonds. The van der Waals surface area contributed by atoms with Crippen molar-refractivity contribution in [3.8, 4) is 0 Å². The molecule has 0 saturated heterocycles. The first-order valence-electron chi connectivity index (χ1n) is 12.2. The number of aliphatic hydroxyl groups is 1. The minimum absolute atomic E-state index is 0.0695. The summed E-state index contributed by atoms with van der Waals surface area (Å²) in [6.07, 6.45) is 3.50. The van der Waals surface area contributed by atoms with E-state index < -0.39 is 6.10 Å². The van der Waals surface area contributed by atoms with Crippen LogP contribution in [-0.4, -0.2) is 38.6 Å². The molecular formula is C27H25N5O3S2. The molecule has 2 atom stereocenters. The van der Waals surface area contributed by atoms with Crippen LogP contribution in [0.1, 0.15) is 22.4 Å². The van der Waals surface area contributed by atoms with Gasteiger partial charge in [0.1, 0.15) is 23.1 Å². The topological polar surface area (TPSA) is 120 Å². The maximum absolute atomic E-state index is 12.5. The molecule has 1 aliphatic carbocycles. The zero-order chi connectivity index (χ0) is 25.4. The van der Waals surface area contributed by atoms with Gasteiger partial charge in [-0.3, -0.25) is 9.59 Å². The SMILES string of the molecule is O=C(NCC1CCc2c(sc3ncnc(Nc4ccc5[nH]c(=O)sc5c4)c23)C1)[C@@H](O)Cc1ccccc1. The number of aryl methyl sites for hydroxylation is 1. The van der Waals surface area contributed by atoms with Gasteiger partial charge in [-0.05, 0) is 54.5 Å². The van der Waals surface area contributed by atoms with Crippen LogP contribution in [0.3, 0.4) is 0 Å². The molecule has 3 heterocycles. The van der Waals surface area contributed by atoms with Crippen molar-refractivity contribution in [3.05, 3.63) is 80.5 Å². The van der Waals surface area contributed by atoms with Crippen LogP contribution >= 0.6 is 22.7 Å². The van der Waals surface area contributed by atoms with Gasteiger partial charge in [-0.25, -0.2) is 9.97 Å². The number of amides is 1. The number of nitrogens with one attached hydrogen (secondary N) is 3. The Morgan fingerprint density at radius 1 is 1.16 bits per heavy atom. The molecule has 188 valence electrons. The van der Waals surface area contributed by atoms with E-state index in [4.69, 9.17) is 0 Å². The van der Waals surface area contributed by atoms with Crippen LogP contribution in [0.5, 0.6) is 0 Å². The van der Waals surface area contributed by atoms with Crippen molar-refractivity contribution in [2.45, 2.75) is 31.8 Å². The molecule has 1 unspecified atom stereocenters. The van der Waals surface area contributed by atoms with Crippen LogP contribution in [-0.2, 0) is 24.1 Å². The number of aliphatic hydroxyl groups excluding tert-OH is 1. The molecule has 0 spiro atoms. The van der Waals surface area contributed by atoms with Gasteiger partial charge in [0.05, 0.1) is 15.6 Å². The largest absolute Gasteiger partial charge is 0.383 e. The number of anilines is 2. The summed E-state index contributed by atoms with van der Waals surface area (Å²) < 4.78 is 0.895. The standard InChI is InChI=1S/C27H25N5O3S2/c33-20(10-15-4-2-1-3-5-15)25(34)28-13-16-6-8-18-21(11-16)36-26-23(18)24(29-14-30-26)31-17-7-9-19-22(12-17)37-27(35)32-19/h1-5,7,9,12,14,16,20,33H,6,8,10-11,13H2,(H,28,34)(H,32,35)(H,29,30,31)/t16?,20-/m0/s1. The van der Waals surface area contributed by atoms with Gasteiger partial charge in [-0.15, -0.1) is 11.3 Å². The monoisotopic (exact) mass is 531 g/mol. The third kappa shape index (κ3) is 5.00. The molecule has 0 bridgehead atoms. The highest BCUT2D eigenvalue weighted by atomic mass is 32.1. The number of hydrogen-bond acceptors (Lipinski definition) is 8. The zero-order valence-corrected chi connectivity index (χ0v) is 21.5. The van der Waals surface area contributed by atoms with Crippen molar-refractivity contribution in [2.75, 3.05) is 11.9 Å². The highest BCUT2D eigenvalue weighted by molar-refractivity contribution is 7.19. The molecule has 0 saturated carbocycles. The molecule has 2 aromatic carbocycles. The van der Waals surface area contributed by atoms with E-state index in [0.29, 0.717) is 18.9 Å². The number of fused-ring (bicyclic) bond motifs is 4. The Morgan fingerprint density at radius 3 is 2.89 bits per heavy atom. The predicted octanol–water partition coefficient (Wildman–Crippen LogP) is 4.16. The van der Waals surface area contributed by atoms with Gasteiger partial charge in [0.2, 0.25) is 5.91 Å². The number of aromatic amines is 1. The maximum atomic E-state index is 12.5. The molecule has 4 N–H and O–H groups in total. The number of H-pyrrole nitrogens is 1. The first kappa shape index (κ1) is 23.8. The molecule has 1 aliphatic rings. The normalized spacial score (nSPS) is 16.0. The van der Waals surface area contributed by atoms with E-state index in [9.17, 15) is 14.7 Å². The summed E-state index contributed by atoms with van der Waals surface area (Å²) in [5.41, 5.74) is 3.90. The second kappa shape index (κ2) is 10.0. The number of carbonyl (C=O) groups excluding carboxylic acids is 1. The fourth-order valence-corrected chi connectivity index (χ4v) is 6.98.